The summed E-state index contributed by atoms with van der Waals surface area (Å²) in [5, 5.41) is 22.2. The molecule has 0 aliphatic heterocycles. The van der Waals surface area contributed by atoms with E-state index in [0.29, 0.717) is 0 Å². The molecule has 21 heavy (non-hydrogen) atoms. The molecule has 0 atom stereocenters. The van der Waals surface area contributed by atoms with Crippen molar-refractivity contribution in [2.45, 2.75) is 6.92 Å². The van der Waals surface area contributed by atoms with Gasteiger partial charge in [-0.05, 0) is 24.6 Å². The van der Waals surface area contributed by atoms with E-state index in [4.69, 9.17) is 10.2 Å². The average molecular weight is 294 g/mol. The summed E-state index contributed by atoms with van der Waals surface area (Å²) in [6.45, 7) is 1.73. The second-order valence-corrected chi connectivity index (χ2v) is 4.26. The van der Waals surface area contributed by atoms with Crippen LogP contribution in [0.1, 0.15) is 5.56 Å². The van der Waals surface area contributed by atoms with Gasteiger partial charge in [-0.3, -0.25) is 9.59 Å². The van der Waals surface area contributed by atoms with E-state index >= 15 is 0 Å². The number of hydrogen-bond donors (Lipinski definition) is 4. The number of carbonyl (C=O) groups excluding carboxylic acids is 2. The number of benzene rings is 1. The summed E-state index contributed by atoms with van der Waals surface area (Å²) in [7, 11) is 1.04. The molecule has 1 rings (SSSR count). The molecule has 8 heteroatoms. The van der Waals surface area contributed by atoms with Crippen molar-refractivity contribution < 1.29 is 29.4 Å². The Labute approximate surface area is 119 Å². The first-order valence-corrected chi connectivity index (χ1v) is 5.84. The summed E-state index contributed by atoms with van der Waals surface area (Å²) in [5.74, 6) is -7.03. The predicted molar refractivity (Wildman–Crippen MR) is 71.6 cm³/mol. The molecular weight excluding hydrogens is 280 g/mol. The minimum absolute atomic E-state index is 0.191. The number of aryl methyl sites for hydroxylation is 1. The van der Waals surface area contributed by atoms with Gasteiger partial charge in [0.1, 0.15) is 0 Å². The number of carboxylic acid groups (broad SMARTS) is 2. The third-order valence-corrected chi connectivity index (χ3v) is 2.83. The van der Waals surface area contributed by atoms with Crippen LogP contribution < -0.4 is 10.6 Å². The van der Waals surface area contributed by atoms with Crippen LogP contribution in [-0.2, 0) is 19.2 Å². The fraction of sp³-hybridized carbons (Fsp3) is 0.231. The third kappa shape index (κ3) is 2.83. The van der Waals surface area contributed by atoms with E-state index in [2.05, 4.69) is 5.32 Å². The summed E-state index contributed by atoms with van der Waals surface area (Å²) in [6.07, 6.45) is 0. The van der Waals surface area contributed by atoms with E-state index in [-0.39, 0.29) is 5.69 Å². The molecule has 1 aromatic carbocycles. The van der Waals surface area contributed by atoms with E-state index in [1.54, 1.807) is 19.1 Å². The van der Waals surface area contributed by atoms with Gasteiger partial charge in [0.2, 0.25) is 0 Å². The Balaban J connectivity index is 3.26. The van der Waals surface area contributed by atoms with Crippen molar-refractivity contribution in [2.75, 3.05) is 12.4 Å². The highest BCUT2D eigenvalue weighted by Gasteiger charge is 2.60. The van der Waals surface area contributed by atoms with Crippen molar-refractivity contribution in [3.05, 3.63) is 29.8 Å². The zero-order chi connectivity index (χ0) is 16.2. The first-order valence-electron chi connectivity index (χ1n) is 5.84. The largest absolute Gasteiger partial charge is 0.480 e. The summed E-state index contributed by atoms with van der Waals surface area (Å²) >= 11 is 0. The summed E-state index contributed by atoms with van der Waals surface area (Å²) in [6, 6.07) is 6.28. The maximum Gasteiger partial charge on any atom is 0.340 e. The molecule has 0 spiro atoms. The zero-order valence-corrected chi connectivity index (χ0v) is 11.3. The third-order valence-electron chi connectivity index (χ3n) is 2.83. The average Bonchev–Trinajstić information content (AvgIpc) is 2.38. The van der Waals surface area contributed by atoms with Crippen LogP contribution in [0.5, 0.6) is 0 Å². The molecule has 0 aliphatic rings. The van der Waals surface area contributed by atoms with E-state index in [1.807, 2.05) is 5.32 Å². The zero-order valence-electron chi connectivity index (χ0n) is 11.3. The van der Waals surface area contributed by atoms with Gasteiger partial charge in [0, 0.05) is 12.7 Å². The molecule has 0 fully saturated rings. The molecule has 4 N–H and O–H groups in total. The Kier molecular flexibility index (Phi) is 4.64. The van der Waals surface area contributed by atoms with E-state index in [0.717, 1.165) is 12.6 Å². The number of anilines is 1. The Morgan fingerprint density at radius 1 is 1.05 bits per heavy atom. The molecule has 0 unspecified atom stereocenters. The van der Waals surface area contributed by atoms with Crippen LogP contribution in [0.3, 0.4) is 0 Å². The van der Waals surface area contributed by atoms with Crippen molar-refractivity contribution in [1.29, 1.82) is 0 Å². The number of carboxylic acids is 2. The van der Waals surface area contributed by atoms with Gasteiger partial charge in [0.05, 0.1) is 0 Å². The highest BCUT2D eigenvalue weighted by molar-refractivity contribution is 6.36. The Hall–Kier alpha value is -2.90. The highest BCUT2D eigenvalue weighted by Crippen LogP contribution is 2.22. The van der Waals surface area contributed by atoms with Crippen LogP contribution >= 0.6 is 0 Å². The van der Waals surface area contributed by atoms with Gasteiger partial charge in [0.15, 0.2) is 0 Å². The summed E-state index contributed by atoms with van der Waals surface area (Å²) < 4.78 is 0. The normalized spacial score (nSPS) is 10.6. The van der Waals surface area contributed by atoms with Gasteiger partial charge in [-0.25, -0.2) is 9.59 Å². The minimum Gasteiger partial charge on any atom is -0.480 e. The number of aliphatic carboxylic acids is 2. The van der Waals surface area contributed by atoms with E-state index in [1.165, 1.54) is 12.1 Å². The topological polar surface area (TPSA) is 133 Å². The first kappa shape index (κ1) is 16.2. The lowest BCUT2D eigenvalue weighted by Gasteiger charge is -2.22. The first-order chi connectivity index (χ1) is 9.76. The Morgan fingerprint density at radius 2 is 1.62 bits per heavy atom. The number of amides is 2. The van der Waals surface area contributed by atoms with Gasteiger partial charge in [-0.2, -0.15) is 0 Å². The minimum atomic E-state index is -3.25. The molecule has 1 aromatic rings. The molecule has 8 nitrogen and oxygen atoms in total. The molecule has 0 saturated carbocycles. The lowest BCUT2D eigenvalue weighted by molar-refractivity contribution is -0.170. The number of nitrogens with one attached hydrogen (secondary N) is 2. The number of hydrogen-bond acceptors (Lipinski definition) is 4. The fourth-order valence-electron chi connectivity index (χ4n) is 1.72. The van der Waals surface area contributed by atoms with Crippen LogP contribution in [0.4, 0.5) is 5.69 Å². The van der Waals surface area contributed by atoms with E-state index in [9.17, 15) is 19.2 Å². The molecule has 0 heterocycles. The van der Waals surface area contributed by atoms with Crippen molar-refractivity contribution in [3.63, 3.8) is 0 Å². The molecule has 0 bridgehead atoms. The maximum atomic E-state index is 12.1. The molecule has 112 valence electrons. The smallest absolute Gasteiger partial charge is 0.340 e. The quantitative estimate of drug-likeness (QED) is 0.557. The van der Waals surface area contributed by atoms with Crippen LogP contribution in [0.25, 0.3) is 0 Å². The van der Waals surface area contributed by atoms with Crippen LogP contribution in [-0.4, -0.2) is 41.0 Å². The molecule has 0 saturated heterocycles. The van der Waals surface area contributed by atoms with Gasteiger partial charge >= 0.3 is 17.4 Å². The highest BCUT2D eigenvalue weighted by atomic mass is 16.4. The van der Waals surface area contributed by atoms with Crippen LogP contribution in [0.2, 0.25) is 0 Å². The molecule has 2 amide bonds. The Morgan fingerprint density at radius 3 is 2.05 bits per heavy atom. The SMILES string of the molecule is CNC(=O)C(C(=O)O)(C(=O)O)C(=O)Nc1cccc(C)c1. The number of rotatable bonds is 5. The second-order valence-electron chi connectivity index (χ2n) is 4.26. The van der Waals surface area contributed by atoms with Gasteiger partial charge in [-0.1, -0.05) is 12.1 Å². The van der Waals surface area contributed by atoms with Gasteiger partial charge in [-0.15, -0.1) is 0 Å². The van der Waals surface area contributed by atoms with Gasteiger partial charge < -0.3 is 20.8 Å². The lowest BCUT2D eigenvalue weighted by Crippen LogP contribution is -2.58. The molecular formula is C13H14N2O6. The van der Waals surface area contributed by atoms with Crippen LogP contribution in [0, 0.1) is 12.3 Å². The summed E-state index contributed by atoms with van der Waals surface area (Å²) in [4.78, 5) is 46.3. The molecule has 0 radical (unpaired) electrons. The van der Waals surface area contributed by atoms with Crippen molar-refractivity contribution in [3.8, 4) is 0 Å². The molecule has 0 aromatic heterocycles. The fourth-order valence-corrected chi connectivity index (χ4v) is 1.72. The van der Waals surface area contributed by atoms with Crippen molar-refractivity contribution in [2.24, 2.45) is 5.41 Å². The van der Waals surface area contributed by atoms with Crippen LogP contribution in [0.15, 0.2) is 24.3 Å². The van der Waals surface area contributed by atoms with E-state index < -0.39 is 29.2 Å². The lowest BCUT2D eigenvalue weighted by atomic mass is 9.85. The Bertz CT molecular complexity index is 596. The standard InChI is InChI=1S/C13H14N2O6/c1-7-4-3-5-8(6-7)15-10(17)13(11(18)19,12(20)21)9(16)14-2/h3-6H,1-2H3,(H,14,16)(H,15,17)(H,18,19)(H,20,21). The molecule has 0 aliphatic carbocycles. The number of carbonyl (C=O) groups is 4. The van der Waals surface area contributed by atoms with Gasteiger partial charge in [0.25, 0.3) is 11.8 Å². The van der Waals surface area contributed by atoms with Crippen molar-refractivity contribution in [1.82, 2.24) is 5.32 Å². The van der Waals surface area contributed by atoms with Crippen molar-refractivity contribution >= 4 is 29.4 Å². The second kappa shape index (κ2) is 6.04. The predicted octanol–water partition coefficient (Wildman–Crippen LogP) is -0.165. The summed E-state index contributed by atoms with van der Waals surface area (Å²) in [5.41, 5.74) is -2.29. The maximum absolute atomic E-state index is 12.1. The monoisotopic (exact) mass is 294 g/mol.